The standard InChI is InChI=1S/C9H10FNO4S2/c1-17(14,15)3-2-16-8-7(9(12)13)4-6(10)5-11-8/h4-5H,2-3H2,1H3,(H,12,13). The third-order valence-corrected chi connectivity index (χ3v) is 3.95. The zero-order chi connectivity index (χ0) is 13.1. The van der Waals surface area contributed by atoms with E-state index < -0.39 is 21.6 Å². The van der Waals surface area contributed by atoms with Crippen LogP contribution in [0.4, 0.5) is 4.39 Å². The highest BCUT2D eigenvalue weighted by atomic mass is 32.2. The maximum atomic E-state index is 12.8. The largest absolute Gasteiger partial charge is 0.478 e. The lowest BCUT2D eigenvalue weighted by Crippen LogP contribution is -2.07. The van der Waals surface area contributed by atoms with Crippen molar-refractivity contribution < 1.29 is 22.7 Å². The smallest absolute Gasteiger partial charge is 0.338 e. The Hall–Kier alpha value is -1.15. The molecule has 1 rings (SSSR count). The molecule has 0 aliphatic heterocycles. The fourth-order valence-corrected chi connectivity index (χ4v) is 3.15. The Labute approximate surface area is 102 Å². The fraction of sp³-hybridized carbons (Fsp3) is 0.333. The van der Waals surface area contributed by atoms with Gasteiger partial charge in [0.25, 0.3) is 0 Å². The van der Waals surface area contributed by atoms with Gasteiger partial charge in [0.2, 0.25) is 0 Å². The molecule has 0 unspecified atom stereocenters. The van der Waals surface area contributed by atoms with Crippen molar-refractivity contribution in [1.82, 2.24) is 4.98 Å². The van der Waals surface area contributed by atoms with Crippen LogP contribution in [-0.2, 0) is 9.84 Å². The molecule has 0 saturated carbocycles. The van der Waals surface area contributed by atoms with Crippen molar-refractivity contribution in [2.75, 3.05) is 17.8 Å². The number of aromatic carboxylic acids is 1. The average Bonchev–Trinajstić information content (AvgIpc) is 2.18. The van der Waals surface area contributed by atoms with Crippen molar-refractivity contribution in [3.8, 4) is 0 Å². The summed E-state index contributed by atoms with van der Waals surface area (Å²) in [7, 11) is -3.11. The molecule has 0 bridgehead atoms. The zero-order valence-electron chi connectivity index (χ0n) is 8.88. The summed E-state index contributed by atoms with van der Waals surface area (Å²) in [5.74, 6) is -1.94. The first-order chi connectivity index (χ1) is 7.79. The minimum absolute atomic E-state index is 0.0875. The van der Waals surface area contributed by atoms with Crippen LogP contribution in [-0.4, -0.2) is 42.2 Å². The van der Waals surface area contributed by atoms with Crippen LogP contribution in [0.1, 0.15) is 10.4 Å². The number of carboxylic acids is 1. The molecule has 0 amide bonds. The molecule has 0 radical (unpaired) electrons. The number of hydrogen-bond acceptors (Lipinski definition) is 5. The molecule has 0 aromatic carbocycles. The van der Waals surface area contributed by atoms with E-state index in [0.29, 0.717) is 0 Å². The molecule has 8 heteroatoms. The third kappa shape index (κ3) is 4.70. The topological polar surface area (TPSA) is 84.3 Å². The van der Waals surface area contributed by atoms with Gasteiger partial charge in [0.05, 0.1) is 17.5 Å². The van der Waals surface area contributed by atoms with Gasteiger partial charge in [0, 0.05) is 12.0 Å². The van der Waals surface area contributed by atoms with E-state index in [1.165, 1.54) is 0 Å². The molecule has 5 nitrogen and oxygen atoms in total. The van der Waals surface area contributed by atoms with Gasteiger partial charge in [-0.05, 0) is 6.07 Å². The predicted molar refractivity (Wildman–Crippen MR) is 61.6 cm³/mol. The van der Waals surface area contributed by atoms with Gasteiger partial charge in [-0.15, -0.1) is 11.8 Å². The average molecular weight is 279 g/mol. The summed E-state index contributed by atoms with van der Waals surface area (Å²) in [5, 5.41) is 8.92. The third-order valence-electron chi connectivity index (χ3n) is 1.74. The fourth-order valence-electron chi connectivity index (χ4n) is 0.985. The Balaban J connectivity index is 2.81. The van der Waals surface area contributed by atoms with Crippen LogP contribution < -0.4 is 0 Å². The molecule has 0 aliphatic rings. The molecule has 1 heterocycles. The zero-order valence-corrected chi connectivity index (χ0v) is 10.5. The van der Waals surface area contributed by atoms with Crippen molar-refractivity contribution in [1.29, 1.82) is 0 Å². The lowest BCUT2D eigenvalue weighted by atomic mass is 10.3. The second kappa shape index (κ2) is 5.46. The van der Waals surface area contributed by atoms with Gasteiger partial charge in [-0.1, -0.05) is 0 Å². The normalized spacial score (nSPS) is 11.4. The first kappa shape index (κ1) is 13.9. The predicted octanol–water partition coefficient (Wildman–Crippen LogP) is 1.06. The van der Waals surface area contributed by atoms with Crippen molar-refractivity contribution in [2.24, 2.45) is 0 Å². The molecule has 17 heavy (non-hydrogen) atoms. The Morgan fingerprint density at radius 3 is 2.76 bits per heavy atom. The van der Waals surface area contributed by atoms with E-state index in [1.807, 2.05) is 0 Å². The van der Waals surface area contributed by atoms with Crippen LogP contribution in [0.3, 0.4) is 0 Å². The summed E-state index contributed by atoms with van der Waals surface area (Å²) < 4.78 is 34.6. The number of hydrogen-bond donors (Lipinski definition) is 1. The summed E-state index contributed by atoms with van der Waals surface area (Å²) >= 11 is 0.973. The van der Waals surface area contributed by atoms with E-state index in [1.54, 1.807) is 0 Å². The van der Waals surface area contributed by atoms with Gasteiger partial charge >= 0.3 is 5.97 Å². The summed E-state index contributed by atoms with van der Waals surface area (Å²) in [6.45, 7) is 0. The van der Waals surface area contributed by atoms with Crippen molar-refractivity contribution in [2.45, 2.75) is 5.03 Å². The number of pyridine rings is 1. The lowest BCUT2D eigenvalue weighted by molar-refractivity contribution is 0.0691. The number of carbonyl (C=O) groups is 1. The highest BCUT2D eigenvalue weighted by Gasteiger charge is 2.14. The van der Waals surface area contributed by atoms with Crippen molar-refractivity contribution in [3.63, 3.8) is 0 Å². The van der Waals surface area contributed by atoms with Gasteiger partial charge in [-0.3, -0.25) is 0 Å². The Morgan fingerprint density at radius 1 is 1.59 bits per heavy atom. The van der Waals surface area contributed by atoms with E-state index >= 15 is 0 Å². The molecule has 0 atom stereocenters. The number of rotatable bonds is 5. The maximum Gasteiger partial charge on any atom is 0.338 e. The van der Waals surface area contributed by atoms with Gasteiger partial charge in [0.1, 0.15) is 20.7 Å². The number of halogens is 1. The van der Waals surface area contributed by atoms with E-state index in [9.17, 15) is 17.6 Å². The monoisotopic (exact) mass is 279 g/mol. The SMILES string of the molecule is CS(=O)(=O)CCSc1ncc(F)cc1C(=O)O. The maximum absolute atomic E-state index is 12.8. The number of thioether (sulfide) groups is 1. The second-order valence-electron chi connectivity index (χ2n) is 3.29. The Bertz CT molecular complexity index is 530. The quantitative estimate of drug-likeness (QED) is 0.811. The minimum atomic E-state index is -3.11. The Kier molecular flexibility index (Phi) is 4.47. The van der Waals surface area contributed by atoms with Crippen LogP contribution >= 0.6 is 11.8 Å². The van der Waals surface area contributed by atoms with Crippen LogP contribution in [0.2, 0.25) is 0 Å². The lowest BCUT2D eigenvalue weighted by Gasteiger charge is -2.04. The first-order valence-electron chi connectivity index (χ1n) is 4.49. The van der Waals surface area contributed by atoms with Gasteiger partial charge in [0.15, 0.2) is 0 Å². The molecule has 0 saturated heterocycles. The summed E-state index contributed by atoms with van der Waals surface area (Å²) in [6.07, 6.45) is 1.99. The van der Waals surface area contributed by atoms with Gasteiger partial charge in [-0.25, -0.2) is 22.6 Å². The molecular weight excluding hydrogens is 269 g/mol. The van der Waals surface area contributed by atoms with Gasteiger partial charge < -0.3 is 5.11 Å². The Morgan fingerprint density at radius 2 is 2.24 bits per heavy atom. The molecule has 0 aliphatic carbocycles. The minimum Gasteiger partial charge on any atom is -0.478 e. The van der Waals surface area contributed by atoms with Crippen molar-refractivity contribution in [3.05, 3.63) is 23.6 Å². The number of sulfone groups is 1. The van der Waals surface area contributed by atoms with E-state index in [-0.39, 0.29) is 22.1 Å². The number of aromatic nitrogens is 1. The number of nitrogens with zero attached hydrogens (tertiary/aromatic N) is 1. The summed E-state index contributed by atoms with van der Waals surface area (Å²) in [5.41, 5.74) is -0.261. The summed E-state index contributed by atoms with van der Waals surface area (Å²) in [6, 6.07) is 0.859. The van der Waals surface area contributed by atoms with Crippen LogP contribution in [0.25, 0.3) is 0 Å². The molecule has 1 aromatic heterocycles. The molecule has 94 valence electrons. The molecule has 0 fully saturated rings. The molecular formula is C9H10FNO4S2. The molecule has 1 N–H and O–H groups in total. The van der Waals surface area contributed by atoms with E-state index in [4.69, 9.17) is 5.11 Å². The molecule has 0 spiro atoms. The van der Waals surface area contributed by atoms with Crippen LogP contribution in [0.5, 0.6) is 0 Å². The highest BCUT2D eigenvalue weighted by molar-refractivity contribution is 8.00. The van der Waals surface area contributed by atoms with Crippen LogP contribution in [0, 0.1) is 5.82 Å². The van der Waals surface area contributed by atoms with Crippen LogP contribution in [0.15, 0.2) is 17.3 Å². The summed E-state index contributed by atoms with van der Waals surface area (Å²) in [4.78, 5) is 14.4. The van der Waals surface area contributed by atoms with E-state index in [2.05, 4.69) is 4.98 Å². The molecule has 1 aromatic rings. The highest BCUT2D eigenvalue weighted by Crippen LogP contribution is 2.21. The van der Waals surface area contributed by atoms with Crippen molar-refractivity contribution >= 4 is 27.6 Å². The number of carboxylic acid groups (broad SMARTS) is 1. The van der Waals surface area contributed by atoms with Gasteiger partial charge in [-0.2, -0.15) is 0 Å². The first-order valence-corrected chi connectivity index (χ1v) is 7.53. The second-order valence-corrected chi connectivity index (χ2v) is 6.63. The van der Waals surface area contributed by atoms with E-state index in [0.717, 1.165) is 30.3 Å².